The largest absolute Gasteiger partial charge is 0.496 e. The summed E-state index contributed by atoms with van der Waals surface area (Å²) in [6.45, 7) is 4.52. The maximum atomic E-state index is 14.4. The molecule has 3 aromatic rings. The molecule has 0 saturated carbocycles. The van der Waals surface area contributed by atoms with Gasteiger partial charge in [-0.25, -0.2) is 14.4 Å². The summed E-state index contributed by atoms with van der Waals surface area (Å²) < 4.78 is 21.6. The van der Waals surface area contributed by atoms with Gasteiger partial charge in [0, 0.05) is 29.7 Å². The quantitative estimate of drug-likeness (QED) is 0.707. The van der Waals surface area contributed by atoms with Crippen LogP contribution in [0.5, 0.6) is 5.75 Å². The first-order valence-electron chi connectivity index (χ1n) is 7.56. The smallest absolute Gasteiger partial charge is 0.147 e. The minimum absolute atomic E-state index is 0.0101. The standard InChI is InChI=1S/C17H18ClFN4O/c1-10(22-16-7-15(18)20-9-21-16)8-23-11(2)6-12-14(24-3)5-4-13(19)17(12)23/h4-7,9-10H,8H2,1-3H3,(H,20,21,22). The van der Waals surface area contributed by atoms with Crippen LogP contribution in [0.3, 0.4) is 0 Å². The minimum Gasteiger partial charge on any atom is -0.496 e. The maximum Gasteiger partial charge on any atom is 0.147 e. The molecule has 2 aromatic heterocycles. The molecule has 0 spiro atoms. The van der Waals surface area contributed by atoms with E-state index in [0.29, 0.717) is 28.8 Å². The Hall–Kier alpha value is -2.34. The lowest BCUT2D eigenvalue weighted by Gasteiger charge is -2.18. The Bertz CT molecular complexity index is 880. The van der Waals surface area contributed by atoms with Gasteiger partial charge in [0.1, 0.15) is 28.9 Å². The van der Waals surface area contributed by atoms with Crippen LogP contribution >= 0.6 is 11.6 Å². The van der Waals surface area contributed by atoms with Gasteiger partial charge >= 0.3 is 0 Å². The number of nitrogens with zero attached hydrogens (tertiary/aromatic N) is 3. The highest BCUT2D eigenvalue weighted by molar-refractivity contribution is 6.29. The molecule has 0 bridgehead atoms. The van der Waals surface area contributed by atoms with E-state index in [4.69, 9.17) is 16.3 Å². The molecular formula is C17H18ClFN4O. The number of anilines is 1. The molecule has 0 aliphatic carbocycles. The molecule has 5 nitrogen and oxygen atoms in total. The Morgan fingerprint density at radius 1 is 1.33 bits per heavy atom. The molecule has 1 aromatic carbocycles. The van der Waals surface area contributed by atoms with E-state index in [1.807, 2.05) is 24.5 Å². The van der Waals surface area contributed by atoms with Crippen molar-refractivity contribution in [1.82, 2.24) is 14.5 Å². The van der Waals surface area contributed by atoms with Crippen LogP contribution in [0.15, 0.2) is 30.6 Å². The number of aromatic nitrogens is 3. The average molecular weight is 349 g/mol. The van der Waals surface area contributed by atoms with Crippen LogP contribution in [0.1, 0.15) is 12.6 Å². The molecule has 0 aliphatic heterocycles. The molecule has 0 radical (unpaired) electrons. The summed E-state index contributed by atoms with van der Waals surface area (Å²) in [5.74, 6) is 1.03. The van der Waals surface area contributed by atoms with Crippen molar-refractivity contribution in [1.29, 1.82) is 0 Å². The highest BCUT2D eigenvalue weighted by atomic mass is 35.5. The van der Waals surface area contributed by atoms with E-state index in [2.05, 4.69) is 15.3 Å². The number of hydrogen-bond donors (Lipinski definition) is 1. The summed E-state index contributed by atoms with van der Waals surface area (Å²) in [4.78, 5) is 7.98. The highest BCUT2D eigenvalue weighted by Crippen LogP contribution is 2.31. The van der Waals surface area contributed by atoms with E-state index in [1.165, 1.54) is 12.4 Å². The van der Waals surface area contributed by atoms with E-state index in [0.717, 1.165) is 11.1 Å². The summed E-state index contributed by atoms with van der Waals surface area (Å²) >= 11 is 5.87. The van der Waals surface area contributed by atoms with Gasteiger partial charge in [-0.05, 0) is 32.0 Å². The van der Waals surface area contributed by atoms with Crippen LogP contribution in [-0.4, -0.2) is 27.7 Å². The summed E-state index contributed by atoms with van der Waals surface area (Å²) in [6, 6.07) is 6.68. The average Bonchev–Trinajstić information content (AvgIpc) is 2.85. The zero-order chi connectivity index (χ0) is 17.3. The number of fused-ring (bicyclic) bond motifs is 1. The summed E-state index contributed by atoms with van der Waals surface area (Å²) in [6.07, 6.45) is 1.40. The van der Waals surface area contributed by atoms with E-state index >= 15 is 0 Å². The summed E-state index contributed by atoms with van der Waals surface area (Å²) in [5, 5.41) is 4.39. The lowest BCUT2D eigenvalue weighted by molar-refractivity contribution is 0.419. The van der Waals surface area contributed by atoms with Crippen molar-refractivity contribution in [2.45, 2.75) is 26.4 Å². The number of rotatable bonds is 5. The molecule has 0 saturated heterocycles. The molecule has 126 valence electrons. The van der Waals surface area contributed by atoms with Gasteiger partial charge in [-0.15, -0.1) is 0 Å². The zero-order valence-corrected chi connectivity index (χ0v) is 14.4. The Morgan fingerprint density at radius 3 is 2.83 bits per heavy atom. The van der Waals surface area contributed by atoms with E-state index in [1.54, 1.807) is 19.2 Å². The van der Waals surface area contributed by atoms with Crippen LogP contribution in [0.4, 0.5) is 10.2 Å². The van der Waals surface area contributed by atoms with Gasteiger partial charge < -0.3 is 14.6 Å². The molecular weight excluding hydrogens is 331 g/mol. The number of methoxy groups -OCH3 is 1. The molecule has 1 atom stereocenters. The summed E-state index contributed by atoms with van der Waals surface area (Å²) in [7, 11) is 1.59. The lowest BCUT2D eigenvalue weighted by atomic mass is 10.2. The number of benzene rings is 1. The first-order chi connectivity index (χ1) is 11.5. The third-order valence-electron chi connectivity index (χ3n) is 3.88. The zero-order valence-electron chi connectivity index (χ0n) is 13.7. The minimum atomic E-state index is -0.267. The van der Waals surface area contributed by atoms with Crippen LogP contribution in [0.2, 0.25) is 5.15 Å². The third kappa shape index (κ3) is 3.14. The fourth-order valence-corrected chi connectivity index (χ4v) is 2.98. The fraction of sp³-hybridized carbons (Fsp3) is 0.294. The Labute approximate surface area is 144 Å². The Kier molecular flexibility index (Phi) is 4.57. The first-order valence-corrected chi connectivity index (χ1v) is 7.94. The monoisotopic (exact) mass is 348 g/mol. The van der Waals surface area contributed by atoms with Gasteiger partial charge in [0.05, 0.1) is 12.6 Å². The molecule has 0 fully saturated rings. The number of halogens is 2. The van der Waals surface area contributed by atoms with Crippen LogP contribution in [0, 0.1) is 12.7 Å². The van der Waals surface area contributed by atoms with Crippen molar-refractivity contribution in [2.24, 2.45) is 0 Å². The van der Waals surface area contributed by atoms with Gasteiger partial charge in [0.25, 0.3) is 0 Å². The van der Waals surface area contributed by atoms with Gasteiger partial charge in [-0.1, -0.05) is 11.6 Å². The summed E-state index contributed by atoms with van der Waals surface area (Å²) in [5.41, 5.74) is 1.50. The predicted octanol–water partition coefficient (Wildman–Crippen LogP) is 4.04. The molecule has 3 rings (SSSR count). The SMILES string of the molecule is COc1ccc(F)c2c1cc(C)n2CC(C)Nc1cc(Cl)ncn1. The predicted molar refractivity (Wildman–Crippen MR) is 93.3 cm³/mol. The van der Waals surface area contributed by atoms with Crippen LogP contribution in [0.25, 0.3) is 10.9 Å². The van der Waals surface area contributed by atoms with E-state index < -0.39 is 0 Å². The van der Waals surface area contributed by atoms with Crippen molar-refractivity contribution in [3.05, 3.63) is 47.3 Å². The number of hydrogen-bond acceptors (Lipinski definition) is 4. The maximum absolute atomic E-state index is 14.4. The topological polar surface area (TPSA) is 52.0 Å². The Morgan fingerprint density at radius 2 is 2.12 bits per heavy atom. The number of nitrogens with one attached hydrogen (secondary N) is 1. The third-order valence-corrected chi connectivity index (χ3v) is 4.09. The number of aryl methyl sites for hydroxylation is 1. The second kappa shape index (κ2) is 6.65. The van der Waals surface area contributed by atoms with E-state index in [9.17, 15) is 4.39 Å². The van der Waals surface area contributed by atoms with Crippen molar-refractivity contribution in [3.63, 3.8) is 0 Å². The van der Waals surface area contributed by atoms with Crippen LogP contribution in [-0.2, 0) is 6.54 Å². The highest BCUT2D eigenvalue weighted by Gasteiger charge is 2.16. The molecule has 2 heterocycles. The van der Waals surface area contributed by atoms with Gasteiger partial charge in [-0.3, -0.25) is 0 Å². The number of ether oxygens (including phenoxy) is 1. The second-order valence-corrected chi connectivity index (χ2v) is 6.07. The molecule has 1 unspecified atom stereocenters. The van der Waals surface area contributed by atoms with Crippen molar-refractivity contribution in [3.8, 4) is 5.75 Å². The molecule has 24 heavy (non-hydrogen) atoms. The fourth-order valence-electron chi connectivity index (χ4n) is 2.84. The first kappa shape index (κ1) is 16.5. The van der Waals surface area contributed by atoms with Crippen molar-refractivity contribution >= 4 is 28.3 Å². The van der Waals surface area contributed by atoms with Crippen molar-refractivity contribution < 1.29 is 9.13 Å². The van der Waals surface area contributed by atoms with Gasteiger partial charge in [0.15, 0.2) is 0 Å². The molecule has 7 heteroatoms. The van der Waals surface area contributed by atoms with Gasteiger partial charge in [0.2, 0.25) is 0 Å². The molecule has 1 N–H and O–H groups in total. The molecule has 0 aliphatic rings. The van der Waals surface area contributed by atoms with Crippen LogP contribution < -0.4 is 10.1 Å². The lowest BCUT2D eigenvalue weighted by Crippen LogP contribution is -2.23. The van der Waals surface area contributed by atoms with E-state index in [-0.39, 0.29) is 11.9 Å². The van der Waals surface area contributed by atoms with Gasteiger partial charge in [-0.2, -0.15) is 0 Å². The molecule has 0 amide bonds. The Balaban J connectivity index is 1.91. The normalized spacial score (nSPS) is 12.4. The second-order valence-electron chi connectivity index (χ2n) is 5.68. The van der Waals surface area contributed by atoms with Crippen molar-refractivity contribution in [2.75, 3.05) is 12.4 Å².